The Morgan fingerprint density at radius 1 is 1.12 bits per heavy atom. The lowest BCUT2D eigenvalue weighted by Gasteiger charge is -2.31. The number of nitrogens with zero attached hydrogens (tertiary/aromatic N) is 1. The molecule has 2 aliphatic rings. The maximum Gasteiger partial charge on any atom is 0.188 e. The van der Waals surface area contributed by atoms with Gasteiger partial charge in [-0.3, -0.25) is 4.99 Å². The first-order valence-electron chi connectivity index (χ1n) is 9.47. The van der Waals surface area contributed by atoms with E-state index in [0.29, 0.717) is 17.9 Å². The van der Waals surface area contributed by atoms with Crippen LogP contribution in [0.5, 0.6) is 0 Å². The van der Waals surface area contributed by atoms with Gasteiger partial charge in [0.25, 0.3) is 0 Å². The molecule has 3 N–H and O–H groups in total. The highest BCUT2D eigenvalue weighted by Gasteiger charge is 2.27. The number of hydrogen-bond donors (Lipinski definition) is 2. The second kappa shape index (κ2) is 8.52. The normalized spacial score (nSPS) is 26.3. The Bertz CT molecular complexity index is 534. The number of ether oxygens (including phenoxy) is 1. The number of guanidine groups is 1. The van der Waals surface area contributed by atoms with Crippen LogP contribution in [-0.4, -0.2) is 25.2 Å². The number of aryl methyl sites for hydroxylation is 1. The molecule has 24 heavy (non-hydrogen) atoms. The standard InChI is InChI=1S/C20H31N3O/c1-15-9-11-16(12-10-15)19-17(6-5-13-24-19)14-22-20(21)23-18-7-3-2-4-8-18/h9-12,17-19H,2-8,13-14H2,1H3,(H3,21,22,23). The smallest absolute Gasteiger partial charge is 0.188 e. The molecule has 4 nitrogen and oxygen atoms in total. The van der Waals surface area contributed by atoms with Crippen molar-refractivity contribution in [3.8, 4) is 0 Å². The minimum absolute atomic E-state index is 0.144. The Labute approximate surface area is 145 Å². The van der Waals surface area contributed by atoms with Crippen molar-refractivity contribution in [2.24, 2.45) is 16.6 Å². The third-order valence-corrected chi connectivity index (χ3v) is 5.30. The van der Waals surface area contributed by atoms with E-state index >= 15 is 0 Å². The van der Waals surface area contributed by atoms with Crippen molar-refractivity contribution in [3.05, 3.63) is 35.4 Å². The average molecular weight is 329 g/mol. The Hall–Kier alpha value is -1.55. The van der Waals surface area contributed by atoms with Crippen LogP contribution < -0.4 is 11.1 Å². The second-order valence-electron chi connectivity index (χ2n) is 7.31. The van der Waals surface area contributed by atoms with E-state index in [1.54, 1.807) is 0 Å². The van der Waals surface area contributed by atoms with Crippen LogP contribution >= 0.6 is 0 Å². The van der Waals surface area contributed by atoms with Crippen molar-refractivity contribution >= 4 is 5.96 Å². The molecule has 4 heteroatoms. The maximum atomic E-state index is 6.12. The SMILES string of the molecule is Cc1ccc(C2OCCCC2CN=C(N)NC2CCCCC2)cc1. The quantitative estimate of drug-likeness (QED) is 0.654. The molecule has 2 unspecified atom stereocenters. The highest BCUT2D eigenvalue weighted by Crippen LogP contribution is 2.34. The molecular weight excluding hydrogens is 298 g/mol. The summed E-state index contributed by atoms with van der Waals surface area (Å²) in [6.07, 6.45) is 8.80. The summed E-state index contributed by atoms with van der Waals surface area (Å²) >= 11 is 0. The van der Waals surface area contributed by atoms with Gasteiger partial charge in [-0.1, -0.05) is 49.1 Å². The van der Waals surface area contributed by atoms with Gasteiger partial charge in [-0.05, 0) is 38.2 Å². The summed E-state index contributed by atoms with van der Waals surface area (Å²) in [6, 6.07) is 9.20. The predicted octanol–water partition coefficient (Wildman–Crippen LogP) is 3.70. The first kappa shape index (κ1) is 17.3. The summed E-state index contributed by atoms with van der Waals surface area (Å²) in [6.45, 7) is 3.70. The second-order valence-corrected chi connectivity index (χ2v) is 7.31. The highest BCUT2D eigenvalue weighted by molar-refractivity contribution is 5.78. The van der Waals surface area contributed by atoms with Gasteiger partial charge in [-0.25, -0.2) is 0 Å². The van der Waals surface area contributed by atoms with Crippen molar-refractivity contribution in [1.29, 1.82) is 0 Å². The molecule has 0 amide bonds. The van der Waals surface area contributed by atoms with Crippen LogP contribution in [0.25, 0.3) is 0 Å². The summed E-state index contributed by atoms with van der Waals surface area (Å²) in [5, 5.41) is 3.41. The Kier molecular flexibility index (Phi) is 6.13. The summed E-state index contributed by atoms with van der Waals surface area (Å²) < 4.78 is 6.07. The van der Waals surface area contributed by atoms with Crippen molar-refractivity contribution < 1.29 is 4.74 Å². The molecule has 1 saturated heterocycles. The van der Waals surface area contributed by atoms with Gasteiger partial charge < -0.3 is 15.8 Å². The summed E-state index contributed by atoms with van der Waals surface area (Å²) in [4.78, 5) is 4.64. The van der Waals surface area contributed by atoms with E-state index in [1.165, 1.54) is 43.2 Å². The number of aliphatic imine (C=N–C) groups is 1. The van der Waals surface area contributed by atoms with E-state index in [4.69, 9.17) is 10.5 Å². The van der Waals surface area contributed by atoms with Crippen molar-refractivity contribution in [1.82, 2.24) is 5.32 Å². The zero-order valence-electron chi connectivity index (χ0n) is 14.8. The molecule has 1 saturated carbocycles. The van der Waals surface area contributed by atoms with E-state index in [0.717, 1.165) is 26.0 Å². The molecule has 0 aromatic heterocycles. The fraction of sp³-hybridized carbons (Fsp3) is 0.650. The minimum atomic E-state index is 0.144. The molecule has 0 radical (unpaired) electrons. The molecule has 1 aromatic carbocycles. The Morgan fingerprint density at radius 3 is 2.62 bits per heavy atom. The fourth-order valence-corrected chi connectivity index (χ4v) is 3.87. The lowest BCUT2D eigenvalue weighted by Crippen LogP contribution is -2.41. The fourth-order valence-electron chi connectivity index (χ4n) is 3.87. The summed E-state index contributed by atoms with van der Waals surface area (Å²) in [5.41, 5.74) is 8.67. The molecule has 2 atom stereocenters. The maximum absolute atomic E-state index is 6.12. The molecule has 3 rings (SSSR count). The van der Waals surface area contributed by atoms with Gasteiger partial charge in [-0.15, -0.1) is 0 Å². The Balaban J connectivity index is 1.58. The average Bonchev–Trinajstić information content (AvgIpc) is 2.62. The number of hydrogen-bond acceptors (Lipinski definition) is 2. The lowest BCUT2D eigenvalue weighted by molar-refractivity contribution is -0.0250. The first-order valence-corrected chi connectivity index (χ1v) is 9.47. The number of rotatable bonds is 4. The van der Waals surface area contributed by atoms with Crippen LogP contribution in [0.4, 0.5) is 0 Å². The van der Waals surface area contributed by atoms with Crippen LogP contribution in [0, 0.1) is 12.8 Å². The number of nitrogens with one attached hydrogen (secondary N) is 1. The lowest BCUT2D eigenvalue weighted by atomic mass is 9.89. The molecule has 1 aliphatic heterocycles. The third kappa shape index (κ3) is 4.73. The van der Waals surface area contributed by atoms with Gasteiger partial charge in [0.05, 0.1) is 6.10 Å². The molecule has 1 aromatic rings. The first-order chi connectivity index (χ1) is 11.7. The zero-order chi connectivity index (χ0) is 16.8. The molecule has 0 spiro atoms. The molecule has 0 bridgehead atoms. The minimum Gasteiger partial charge on any atom is -0.373 e. The van der Waals surface area contributed by atoms with E-state index < -0.39 is 0 Å². The Morgan fingerprint density at radius 2 is 1.88 bits per heavy atom. The van der Waals surface area contributed by atoms with Crippen LogP contribution in [0.3, 0.4) is 0 Å². The van der Waals surface area contributed by atoms with Crippen LogP contribution in [0.1, 0.15) is 62.2 Å². The predicted molar refractivity (Wildman–Crippen MR) is 99.1 cm³/mol. The topological polar surface area (TPSA) is 59.6 Å². The third-order valence-electron chi connectivity index (χ3n) is 5.30. The molecular formula is C20H31N3O. The van der Waals surface area contributed by atoms with Crippen molar-refractivity contribution in [2.75, 3.05) is 13.2 Å². The molecule has 1 heterocycles. The van der Waals surface area contributed by atoms with E-state index in [1.807, 2.05) is 0 Å². The van der Waals surface area contributed by atoms with E-state index in [-0.39, 0.29) is 6.10 Å². The molecule has 2 fully saturated rings. The summed E-state index contributed by atoms with van der Waals surface area (Å²) in [7, 11) is 0. The van der Waals surface area contributed by atoms with Gasteiger partial charge >= 0.3 is 0 Å². The van der Waals surface area contributed by atoms with Crippen molar-refractivity contribution in [2.45, 2.75) is 64.0 Å². The highest BCUT2D eigenvalue weighted by atomic mass is 16.5. The van der Waals surface area contributed by atoms with Gasteiger partial charge in [-0.2, -0.15) is 0 Å². The van der Waals surface area contributed by atoms with Crippen LogP contribution in [0.15, 0.2) is 29.3 Å². The van der Waals surface area contributed by atoms with Gasteiger partial charge in [0.1, 0.15) is 0 Å². The van der Waals surface area contributed by atoms with Gasteiger partial charge in [0.15, 0.2) is 5.96 Å². The van der Waals surface area contributed by atoms with Crippen LogP contribution in [0.2, 0.25) is 0 Å². The van der Waals surface area contributed by atoms with Gasteiger partial charge in [0.2, 0.25) is 0 Å². The monoisotopic (exact) mass is 329 g/mol. The van der Waals surface area contributed by atoms with E-state index in [9.17, 15) is 0 Å². The van der Waals surface area contributed by atoms with Crippen molar-refractivity contribution in [3.63, 3.8) is 0 Å². The zero-order valence-corrected chi connectivity index (χ0v) is 14.8. The largest absolute Gasteiger partial charge is 0.373 e. The molecule has 1 aliphatic carbocycles. The van der Waals surface area contributed by atoms with E-state index in [2.05, 4.69) is 41.5 Å². The van der Waals surface area contributed by atoms with Crippen LogP contribution in [-0.2, 0) is 4.74 Å². The molecule has 132 valence electrons. The summed E-state index contributed by atoms with van der Waals surface area (Å²) in [5.74, 6) is 1.02. The number of benzene rings is 1. The number of nitrogens with two attached hydrogens (primary N) is 1. The van der Waals surface area contributed by atoms with Gasteiger partial charge in [0, 0.05) is 25.1 Å².